The van der Waals surface area contributed by atoms with E-state index in [0.717, 1.165) is 12.1 Å². The predicted molar refractivity (Wildman–Crippen MR) is 120 cm³/mol. The zero-order chi connectivity index (χ0) is 22.4. The highest BCUT2D eigenvalue weighted by atomic mass is 31.0. The Morgan fingerprint density at radius 3 is 2.52 bits per heavy atom. The number of ketones is 1. The molecule has 2 bridgehead atoms. The second kappa shape index (κ2) is 7.99. The quantitative estimate of drug-likeness (QED) is 0.656. The van der Waals surface area contributed by atoms with E-state index in [1.54, 1.807) is 11.0 Å². The first kappa shape index (κ1) is 21.9. The highest BCUT2D eigenvalue weighted by Crippen LogP contribution is 2.53. The Balaban J connectivity index is 1.79. The van der Waals surface area contributed by atoms with Gasteiger partial charge in [0.15, 0.2) is 5.78 Å². The third kappa shape index (κ3) is 3.77. The molecule has 7 heteroatoms. The summed E-state index contributed by atoms with van der Waals surface area (Å²) in [5, 5.41) is 0. The minimum absolute atomic E-state index is 0.144. The lowest BCUT2D eigenvalue weighted by molar-refractivity contribution is -0.164. The fourth-order valence-corrected chi connectivity index (χ4v) is 5.77. The van der Waals surface area contributed by atoms with E-state index >= 15 is 0 Å². The molecule has 2 aromatic carbocycles. The van der Waals surface area contributed by atoms with Gasteiger partial charge in [0, 0.05) is 26.2 Å². The molecule has 2 aromatic rings. The average Bonchev–Trinajstić information content (AvgIpc) is 2.72. The van der Waals surface area contributed by atoms with Crippen molar-refractivity contribution in [3.05, 3.63) is 71.0 Å². The first-order valence-corrected chi connectivity index (χ1v) is 10.9. The molecule has 1 amide bonds. The Kier molecular flexibility index (Phi) is 5.65. The van der Waals surface area contributed by atoms with Crippen molar-refractivity contribution in [1.82, 2.24) is 9.80 Å². The van der Waals surface area contributed by atoms with Gasteiger partial charge in [-0.2, -0.15) is 0 Å². The molecule has 0 aromatic heterocycles. The second-order valence-corrected chi connectivity index (χ2v) is 9.59. The summed E-state index contributed by atoms with van der Waals surface area (Å²) in [4.78, 5) is 30.5. The maximum absolute atomic E-state index is 13.8. The van der Waals surface area contributed by atoms with Gasteiger partial charge in [0.1, 0.15) is 5.82 Å². The Hall–Kier alpha value is -2.30. The van der Waals surface area contributed by atoms with Crippen LogP contribution in [0, 0.1) is 23.6 Å². The van der Waals surface area contributed by atoms with Crippen LogP contribution in [0.15, 0.2) is 48.5 Å². The number of piperidine rings is 2. The topological polar surface area (TPSA) is 49.9 Å². The van der Waals surface area contributed by atoms with Crippen molar-refractivity contribution < 1.29 is 18.5 Å². The molecule has 2 fully saturated rings. The highest BCUT2D eigenvalue weighted by Gasteiger charge is 2.62. The van der Waals surface area contributed by atoms with Gasteiger partial charge in [-0.15, -0.1) is 0 Å². The van der Waals surface area contributed by atoms with E-state index in [9.17, 15) is 14.0 Å². The number of likely N-dealkylation sites (tertiary alicyclic amines) is 2. The monoisotopic (exact) mass is 442 g/mol. The molecule has 2 aliphatic heterocycles. The Bertz CT molecular complexity index is 1020. The van der Waals surface area contributed by atoms with E-state index in [2.05, 4.69) is 17.0 Å². The van der Waals surface area contributed by atoms with Crippen molar-refractivity contribution >= 4 is 21.3 Å². The molecule has 31 heavy (non-hydrogen) atoms. The van der Waals surface area contributed by atoms with E-state index in [-0.39, 0.29) is 18.1 Å². The molecule has 2 saturated heterocycles. The van der Waals surface area contributed by atoms with Crippen LogP contribution in [0.4, 0.5) is 9.18 Å². The van der Waals surface area contributed by atoms with Gasteiger partial charge >= 0.3 is 6.09 Å². The van der Waals surface area contributed by atoms with Crippen LogP contribution < -0.4 is 0 Å². The number of carbonyl (C=O) groups is 2. The fourth-order valence-electron chi connectivity index (χ4n) is 5.64. The average molecular weight is 442 g/mol. The fraction of sp³-hybridized carbons (Fsp3) is 0.417. The predicted octanol–water partition coefficient (Wildman–Crippen LogP) is 4.52. The zero-order valence-corrected chi connectivity index (χ0v) is 19.3. The molecule has 4 atom stereocenters. The van der Waals surface area contributed by atoms with Crippen LogP contribution in [0.2, 0.25) is 0 Å². The highest BCUT2D eigenvalue weighted by molar-refractivity contribution is 7.10. The number of rotatable bonds is 3. The first-order valence-electron chi connectivity index (χ1n) is 10.4. The molecule has 2 heterocycles. The van der Waals surface area contributed by atoms with Crippen molar-refractivity contribution in [2.75, 3.05) is 19.6 Å². The number of hydrogen-bond donors (Lipinski definition) is 0. The number of aryl methyl sites for hydroxylation is 1. The van der Waals surface area contributed by atoms with E-state index in [0.29, 0.717) is 18.7 Å². The number of benzene rings is 2. The summed E-state index contributed by atoms with van der Waals surface area (Å²) in [6.45, 7) is 7.71. The van der Waals surface area contributed by atoms with Crippen LogP contribution in [-0.2, 0) is 15.9 Å². The van der Waals surface area contributed by atoms with Crippen LogP contribution in [0.1, 0.15) is 36.6 Å². The Morgan fingerprint density at radius 2 is 1.87 bits per heavy atom. The SMILES string of the molecule is Cc1cc(F)ccc1C1N(C(=O)OP)C[C@@]2(C)CN(Cc3ccccc3)C[C@]1(C)C2=O. The number of Topliss-reactive ketones (excluding diaryl/α,β-unsaturated/α-hetero) is 1. The van der Waals surface area contributed by atoms with Crippen LogP contribution in [-0.4, -0.2) is 41.3 Å². The van der Waals surface area contributed by atoms with Gasteiger partial charge in [0.2, 0.25) is 0 Å². The Labute approximate surface area is 184 Å². The number of nitrogens with zero attached hydrogens (tertiary/aromatic N) is 2. The molecule has 5 nitrogen and oxygen atoms in total. The molecule has 0 aliphatic carbocycles. The van der Waals surface area contributed by atoms with E-state index in [1.807, 2.05) is 48.4 Å². The maximum atomic E-state index is 13.8. The molecule has 0 spiro atoms. The van der Waals surface area contributed by atoms with Gasteiger partial charge in [-0.05, 0) is 49.6 Å². The number of amides is 1. The molecule has 164 valence electrons. The molecule has 4 rings (SSSR count). The molecule has 2 aliphatic rings. The van der Waals surface area contributed by atoms with Gasteiger partial charge in [-0.3, -0.25) is 14.6 Å². The lowest BCUT2D eigenvalue weighted by Crippen LogP contribution is -2.69. The van der Waals surface area contributed by atoms with Gasteiger partial charge < -0.3 is 4.52 Å². The lowest BCUT2D eigenvalue weighted by atomic mass is 9.59. The number of hydrogen-bond acceptors (Lipinski definition) is 4. The number of fused-ring (bicyclic) bond motifs is 2. The summed E-state index contributed by atoms with van der Waals surface area (Å²) in [6.07, 6.45) is -0.500. The normalized spacial score (nSPS) is 28.5. The van der Waals surface area contributed by atoms with Gasteiger partial charge in [-0.25, -0.2) is 9.18 Å². The Morgan fingerprint density at radius 1 is 1.16 bits per heavy atom. The molecular formula is C24H28FN2O3P. The van der Waals surface area contributed by atoms with E-state index in [1.165, 1.54) is 17.7 Å². The summed E-state index contributed by atoms with van der Waals surface area (Å²) in [7, 11) is 2.01. The molecular weight excluding hydrogens is 414 g/mol. The van der Waals surface area contributed by atoms with Crippen molar-refractivity contribution in [3.8, 4) is 0 Å². The number of halogens is 1. The van der Waals surface area contributed by atoms with Crippen molar-refractivity contribution in [1.29, 1.82) is 0 Å². The van der Waals surface area contributed by atoms with Gasteiger partial charge in [0.05, 0.1) is 26.3 Å². The summed E-state index contributed by atoms with van der Waals surface area (Å²) in [5.41, 5.74) is 1.09. The minimum atomic E-state index is -0.860. The molecule has 0 radical (unpaired) electrons. The number of carbonyl (C=O) groups excluding carboxylic acids is 2. The van der Waals surface area contributed by atoms with Crippen LogP contribution in [0.5, 0.6) is 0 Å². The smallest absolute Gasteiger partial charge is 0.412 e. The van der Waals surface area contributed by atoms with Crippen LogP contribution >= 0.6 is 9.47 Å². The van der Waals surface area contributed by atoms with E-state index < -0.39 is 23.0 Å². The zero-order valence-electron chi connectivity index (χ0n) is 18.1. The molecule has 2 unspecified atom stereocenters. The maximum Gasteiger partial charge on any atom is 0.412 e. The van der Waals surface area contributed by atoms with Crippen molar-refractivity contribution in [2.45, 2.75) is 33.4 Å². The third-order valence-electron chi connectivity index (χ3n) is 6.74. The van der Waals surface area contributed by atoms with Crippen molar-refractivity contribution in [3.63, 3.8) is 0 Å². The second-order valence-electron chi connectivity index (χ2n) is 9.35. The van der Waals surface area contributed by atoms with E-state index in [4.69, 9.17) is 4.52 Å². The van der Waals surface area contributed by atoms with Crippen LogP contribution in [0.25, 0.3) is 0 Å². The minimum Gasteiger partial charge on any atom is -0.435 e. The largest absolute Gasteiger partial charge is 0.435 e. The first-order chi connectivity index (χ1) is 14.7. The summed E-state index contributed by atoms with van der Waals surface area (Å²) >= 11 is 0. The third-order valence-corrected chi connectivity index (χ3v) is 6.94. The molecule has 0 saturated carbocycles. The summed E-state index contributed by atoms with van der Waals surface area (Å²) < 4.78 is 18.9. The van der Waals surface area contributed by atoms with Crippen LogP contribution in [0.3, 0.4) is 0 Å². The van der Waals surface area contributed by atoms with Gasteiger partial charge in [-0.1, -0.05) is 36.4 Å². The standard InChI is InChI=1S/C24H28FN2O3P/c1-16-11-18(25)9-10-19(16)20-24(3)15-26(12-17-7-5-4-6-8-17)13-23(2,21(24)28)14-27(20)22(29)30-31/h4-11,20H,12-15,31H2,1-3H3/t20?,23-,24+/m1/s1. The summed E-state index contributed by atoms with van der Waals surface area (Å²) in [5.74, 6) is -0.196. The summed E-state index contributed by atoms with van der Waals surface area (Å²) in [6, 6.07) is 14.2. The van der Waals surface area contributed by atoms with Crippen molar-refractivity contribution in [2.24, 2.45) is 10.8 Å². The molecule has 0 N–H and O–H groups in total. The lowest BCUT2D eigenvalue weighted by Gasteiger charge is -2.59. The van der Waals surface area contributed by atoms with Gasteiger partial charge in [0.25, 0.3) is 0 Å².